The maximum absolute atomic E-state index is 5.40. The Labute approximate surface area is 138 Å². The van der Waals surface area contributed by atoms with Gasteiger partial charge in [-0.05, 0) is 23.6 Å². The maximum Gasteiger partial charge on any atom is 0.191 e. The number of guanidine groups is 1. The first-order chi connectivity index (χ1) is 11.3. The Bertz CT molecular complexity index is 594. The molecule has 2 aromatic rings. The molecule has 0 bridgehead atoms. The van der Waals surface area contributed by atoms with Crippen molar-refractivity contribution < 1.29 is 4.74 Å². The smallest absolute Gasteiger partial charge is 0.191 e. The molecule has 4 nitrogen and oxygen atoms in total. The minimum absolute atomic E-state index is 0.671. The normalized spacial score (nSPS) is 11.3. The maximum atomic E-state index is 5.40. The average molecular weight is 311 g/mol. The van der Waals surface area contributed by atoms with E-state index in [9.17, 15) is 0 Å². The van der Waals surface area contributed by atoms with Gasteiger partial charge in [0.2, 0.25) is 0 Å². The first kappa shape index (κ1) is 17.0. The molecule has 0 heterocycles. The van der Waals surface area contributed by atoms with E-state index < -0.39 is 0 Å². The van der Waals surface area contributed by atoms with Gasteiger partial charge >= 0.3 is 0 Å². The molecule has 0 aliphatic carbocycles. The molecule has 0 unspecified atom stereocenters. The molecule has 2 N–H and O–H groups in total. The van der Waals surface area contributed by atoms with E-state index in [1.165, 1.54) is 16.7 Å². The van der Waals surface area contributed by atoms with E-state index in [4.69, 9.17) is 4.74 Å². The summed E-state index contributed by atoms with van der Waals surface area (Å²) in [6.07, 6.45) is 0. The van der Waals surface area contributed by atoms with Crippen LogP contribution in [0.5, 0.6) is 0 Å². The molecular formula is C19H25N3O. The molecule has 0 saturated heterocycles. The molecule has 2 rings (SSSR count). The summed E-state index contributed by atoms with van der Waals surface area (Å²) in [5.41, 5.74) is 3.64. The predicted molar refractivity (Wildman–Crippen MR) is 95.3 cm³/mol. The molecule has 0 saturated carbocycles. The summed E-state index contributed by atoms with van der Waals surface area (Å²) in [6.45, 7) is 4.92. The minimum atomic E-state index is 0.671. The van der Waals surface area contributed by atoms with E-state index in [1.807, 2.05) is 25.1 Å². The Morgan fingerprint density at radius 3 is 2.00 bits per heavy atom. The second kappa shape index (κ2) is 9.64. The number of aliphatic imine (C=N–C) groups is 1. The molecule has 0 atom stereocenters. The molecule has 0 aliphatic rings. The van der Waals surface area contributed by atoms with Crippen LogP contribution in [0.4, 0.5) is 0 Å². The summed E-state index contributed by atoms with van der Waals surface area (Å²) in [5.74, 6) is 0.798. The highest BCUT2D eigenvalue weighted by Crippen LogP contribution is 2.05. The summed E-state index contributed by atoms with van der Waals surface area (Å²) in [7, 11) is 1.78. The van der Waals surface area contributed by atoms with Crippen LogP contribution in [0.25, 0.3) is 0 Å². The lowest BCUT2D eigenvalue weighted by Crippen LogP contribution is -2.36. The molecule has 0 aromatic heterocycles. The Morgan fingerprint density at radius 2 is 1.43 bits per heavy atom. The Hall–Kier alpha value is -2.33. The molecule has 0 spiro atoms. The van der Waals surface area contributed by atoms with Crippen LogP contribution < -0.4 is 10.6 Å². The van der Waals surface area contributed by atoms with Gasteiger partial charge in [0, 0.05) is 26.7 Å². The van der Waals surface area contributed by atoms with Gasteiger partial charge in [-0.1, -0.05) is 54.6 Å². The van der Waals surface area contributed by atoms with Crippen LogP contribution in [0.15, 0.2) is 59.6 Å². The van der Waals surface area contributed by atoms with Gasteiger partial charge in [0.05, 0.1) is 6.61 Å². The standard InChI is InChI=1S/C19H25N3O/c1-3-23-15-18-11-9-17(10-12-18)14-22-19(20-2)21-13-16-7-5-4-6-8-16/h4-12H,3,13-15H2,1-2H3,(H2,20,21,22). The molecule has 0 aliphatic heterocycles. The molecule has 2 aromatic carbocycles. The van der Waals surface area contributed by atoms with Gasteiger partial charge in [0.1, 0.15) is 0 Å². The van der Waals surface area contributed by atoms with Crippen LogP contribution in [0.3, 0.4) is 0 Å². The topological polar surface area (TPSA) is 45.6 Å². The highest BCUT2D eigenvalue weighted by molar-refractivity contribution is 5.79. The van der Waals surface area contributed by atoms with Crippen molar-refractivity contribution in [1.82, 2.24) is 10.6 Å². The van der Waals surface area contributed by atoms with Crippen molar-refractivity contribution in [3.63, 3.8) is 0 Å². The summed E-state index contributed by atoms with van der Waals surface area (Å²) in [5, 5.41) is 6.64. The third-order valence-electron chi connectivity index (χ3n) is 3.48. The second-order valence-electron chi connectivity index (χ2n) is 5.22. The number of ether oxygens (including phenoxy) is 1. The lowest BCUT2D eigenvalue weighted by Gasteiger charge is -2.12. The highest BCUT2D eigenvalue weighted by Gasteiger charge is 1.99. The van der Waals surface area contributed by atoms with Crippen LogP contribution in [-0.4, -0.2) is 19.6 Å². The fraction of sp³-hybridized carbons (Fsp3) is 0.316. The number of rotatable bonds is 7. The summed E-state index contributed by atoms with van der Waals surface area (Å²) in [4.78, 5) is 4.25. The fourth-order valence-electron chi connectivity index (χ4n) is 2.16. The van der Waals surface area contributed by atoms with E-state index in [0.29, 0.717) is 6.61 Å². The van der Waals surface area contributed by atoms with Crippen molar-refractivity contribution in [2.45, 2.75) is 26.6 Å². The van der Waals surface area contributed by atoms with Crippen molar-refractivity contribution >= 4 is 5.96 Å². The zero-order chi connectivity index (χ0) is 16.3. The summed E-state index contributed by atoms with van der Waals surface area (Å²) < 4.78 is 5.40. The first-order valence-corrected chi connectivity index (χ1v) is 7.96. The van der Waals surface area contributed by atoms with Crippen LogP contribution in [0, 0.1) is 0 Å². The Balaban J connectivity index is 1.78. The zero-order valence-electron chi connectivity index (χ0n) is 13.9. The van der Waals surface area contributed by atoms with Gasteiger partial charge in [-0.3, -0.25) is 4.99 Å². The molecule has 0 fully saturated rings. The van der Waals surface area contributed by atoms with E-state index in [-0.39, 0.29) is 0 Å². The van der Waals surface area contributed by atoms with Crippen molar-refractivity contribution in [2.24, 2.45) is 4.99 Å². The number of hydrogen-bond acceptors (Lipinski definition) is 2. The zero-order valence-corrected chi connectivity index (χ0v) is 13.9. The van der Waals surface area contributed by atoms with Crippen molar-refractivity contribution in [2.75, 3.05) is 13.7 Å². The fourth-order valence-corrected chi connectivity index (χ4v) is 2.16. The summed E-state index contributed by atoms with van der Waals surface area (Å²) in [6, 6.07) is 18.7. The van der Waals surface area contributed by atoms with Gasteiger partial charge in [-0.25, -0.2) is 0 Å². The lowest BCUT2D eigenvalue weighted by atomic mass is 10.1. The Kier molecular flexibility index (Phi) is 7.14. The lowest BCUT2D eigenvalue weighted by molar-refractivity contribution is 0.134. The van der Waals surface area contributed by atoms with Crippen LogP contribution >= 0.6 is 0 Å². The van der Waals surface area contributed by atoms with Gasteiger partial charge in [0.15, 0.2) is 5.96 Å². The number of nitrogens with zero attached hydrogens (tertiary/aromatic N) is 1. The van der Waals surface area contributed by atoms with E-state index >= 15 is 0 Å². The molecule has 122 valence electrons. The Morgan fingerprint density at radius 1 is 0.870 bits per heavy atom. The first-order valence-electron chi connectivity index (χ1n) is 7.96. The molecule has 4 heteroatoms. The van der Waals surface area contributed by atoms with Crippen LogP contribution in [0.1, 0.15) is 23.6 Å². The number of nitrogens with one attached hydrogen (secondary N) is 2. The van der Waals surface area contributed by atoms with Crippen LogP contribution in [0.2, 0.25) is 0 Å². The third kappa shape index (κ3) is 6.12. The summed E-state index contributed by atoms with van der Waals surface area (Å²) >= 11 is 0. The van der Waals surface area contributed by atoms with Crippen molar-refractivity contribution in [1.29, 1.82) is 0 Å². The minimum Gasteiger partial charge on any atom is -0.377 e. The van der Waals surface area contributed by atoms with Gasteiger partial charge in [0.25, 0.3) is 0 Å². The van der Waals surface area contributed by atoms with Gasteiger partial charge < -0.3 is 15.4 Å². The predicted octanol–water partition coefficient (Wildman–Crippen LogP) is 3.09. The van der Waals surface area contributed by atoms with E-state index in [2.05, 4.69) is 52.0 Å². The number of hydrogen-bond donors (Lipinski definition) is 2. The highest BCUT2D eigenvalue weighted by atomic mass is 16.5. The quantitative estimate of drug-likeness (QED) is 0.610. The molecule has 0 amide bonds. The van der Waals surface area contributed by atoms with Crippen LogP contribution in [-0.2, 0) is 24.4 Å². The SMILES string of the molecule is CCOCc1ccc(CNC(=NC)NCc2ccccc2)cc1. The average Bonchev–Trinajstić information content (AvgIpc) is 2.62. The second-order valence-corrected chi connectivity index (χ2v) is 5.22. The molecule has 0 radical (unpaired) electrons. The monoisotopic (exact) mass is 311 g/mol. The van der Waals surface area contributed by atoms with E-state index in [1.54, 1.807) is 7.05 Å². The largest absolute Gasteiger partial charge is 0.377 e. The van der Waals surface area contributed by atoms with Crippen molar-refractivity contribution in [3.8, 4) is 0 Å². The molecule has 23 heavy (non-hydrogen) atoms. The van der Waals surface area contributed by atoms with E-state index in [0.717, 1.165) is 25.7 Å². The number of benzene rings is 2. The van der Waals surface area contributed by atoms with Crippen molar-refractivity contribution in [3.05, 3.63) is 71.3 Å². The van der Waals surface area contributed by atoms with Gasteiger partial charge in [-0.15, -0.1) is 0 Å². The molecular weight excluding hydrogens is 286 g/mol. The van der Waals surface area contributed by atoms with Gasteiger partial charge in [-0.2, -0.15) is 0 Å². The third-order valence-corrected chi connectivity index (χ3v) is 3.48.